The largest absolute Gasteiger partial charge is 0.481 e. The number of rotatable bonds is 71. The molecule has 0 spiro atoms. The Morgan fingerprint density at radius 1 is 0.376 bits per heavy atom. The summed E-state index contributed by atoms with van der Waals surface area (Å²) in [6.45, 7) is 27.1. The summed E-state index contributed by atoms with van der Waals surface area (Å²) in [5.74, 6) is -29.5. The maximum Gasteiger partial charge on any atom is 0.327 e. The third kappa shape index (κ3) is 49.6. The van der Waals surface area contributed by atoms with Crippen molar-refractivity contribution >= 4 is 179 Å². The number of nitrogens with zero attached hydrogens (tertiary/aromatic N) is 1. The minimum Gasteiger partial charge on any atom is -0.481 e. The molecule has 1 fully saturated rings. The highest BCUT2D eigenvalue weighted by Gasteiger charge is 2.45. The Hall–Kier alpha value is -12.0. The summed E-state index contributed by atoms with van der Waals surface area (Å²) in [5.41, 5.74) is 11.2. The van der Waals surface area contributed by atoms with Gasteiger partial charge in [-0.2, -0.15) is 37.0 Å². The molecule has 1 aliphatic heterocycles. The summed E-state index contributed by atoms with van der Waals surface area (Å²) in [7, 11) is 0. The van der Waals surface area contributed by atoms with Crippen molar-refractivity contribution in [3.05, 3.63) is 0 Å². The van der Waals surface area contributed by atoms with Crippen LogP contribution in [0.4, 0.5) is 0 Å². The van der Waals surface area contributed by atoms with E-state index in [2.05, 4.69) is 126 Å². The smallest absolute Gasteiger partial charge is 0.327 e. The molecule has 52 nitrogen and oxygen atoms in total. The molecule has 0 saturated carbocycles. The lowest BCUT2D eigenvalue weighted by molar-refractivity contribution is -0.143. The fourth-order valence-corrected chi connectivity index (χ4v) is 16.3. The molecule has 30 N–H and O–H groups in total. The fraction of sp³-hybridized carbons (Fsp3) is 0.745. The maximum atomic E-state index is 14.6. The van der Waals surface area contributed by atoms with Crippen LogP contribution in [0.1, 0.15) is 227 Å². The maximum absolute atomic E-state index is 14.6. The van der Waals surface area contributed by atoms with Gasteiger partial charge in [0.25, 0.3) is 0 Å². The Kier molecular flexibility index (Phi) is 62.2. The van der Waals surface area contributed by atoms with E-state index in [1.165, 1.54) is 16.7 Å². The van der Waals surface area contributed by atoms with Crippen LogP contribution in [0.25, 0.3) is 0 Å². The number of guanidine groups is 1. The zero-order valence-corrected chi connectivity index (χ0v) is 91.0. The minimum atomic E-state index is -2.11. The molecule has 1 heterocycles. The van der Waals surface area contributed by atoms with Crippen LogP contribution in [0.5, 0.6) is 0 Å². The number of likely N-dealkylation sites (tertiary alicyclic amines) is 1. The normalized spacial score (nSPS) is 16.8. The average Bonchev–Trinajstić information content (AvgIpc) is 1.68. The summed E-state index contributed by atoms with van der Waals surface area (Å²) in [6.07, 6.45) is -4.82. The predicted molar refractivity (Wildman–Crippen MR) is 553 cm³/mol. The van der Waals surface area contributed by atoms with E-state index in [4.69, 9.17) is 16.9 Å². The van der Waals surface area contributed by atoms with Crippen LogP contribution in [-0.4, -0.2) is 348 Å². The summed E-state index contributed by atoms with van der Waals surface area (Å²) in [5, 5.41) is 115. The number of carboxylic acids is 4. The Morgan fingerprint density at radius 2 is 0.705 bits per heavy atom. The molecule has 0 aliphatic carbocycles. The zero-order valence-electron chi connectivity index (χ0n) is 88.4. The fourth-order valence-electron chi connectivity index (χ4n) is 15.3. The van der Waals surface area contributed by atoms with E-state index >= 15 is 0 Å². The second-order valence-electron chi connectivity index (χ2n) is 39.4. The third-order valence-corrected chi connectivity index (χ3v) is 25.7. The highest BCUT2D eigenvalue weighted by molar-refractivity contribution is 7.98. The summed E-state index contributed by atoms with van der Waals surface area (Å²) >= 11 is 9.60. The molecule has 0 radical (unpaired) electrons. The van der Waals surface area contributed by atoms with Gasteiger partial charge in [-0.15, -0.1) is 0 Å². The molecule has 149 heavy (non-hydrogen) atoms. The number of thiol groups is 2. The van der Waals surface area contributed by atoms with Gasteiger partial charge in [0.15, 0.2) is 5.96 Å². The number of amides is 19. The molecule has 55 heteroatoms. The Bertz CT molecular complexity index is 4540. The molecule has 0 bridgehead atoms. The molecule has 1 rings (SSSR count). The lowest BCUT2D eigenvalue weighted by Gasteiger charge is -2.32. The average molecular weight is 2180 g/mol. The molecule has 846 valence electrons. The number of carbonyl (C=O) groups excluding carboxylic acids is 19. The van der Waals surface area contributed by atoms with Crippen LogP contribution in [0, 0.1) is 52.8 Å². The minimum absolute atomic E-state index is 0.0209. The number of aliphatic hydroxyl groups is 2. The Balaban J connectivity index is 3.50. The number of aliphatic hydroxyl groups excluding tert-OH is 2. The first-order chi connectivity index (χ1) is 69.5. The molecule has 0 aromatic carbocycles. The summed E-state index contributed by atoms with van der Waals surface area (Å²) < 4.78 is 0. The van der Waals surface area contributed by atoms with E-state index in [-0.39, 0.29) is 100.0 Å². The summed E-state index contributed by atoms with van der Waals surface area (Å²) in [6, 6.07) is -27.7. The van der Waals surface area contributed by atoms with Gasteiger partial charge in [-0.3, -0.25) is 111 Å². The number of hydrogen-bond donors (Lipinski definition) is 30. The van der Waals surface area contributed by atoms with E-state index in [0.717, 1.165) is 13.8 Å². The van der Waals surface area contributed by atoms with Gasteiger partial charge >= 0.3 is 23.9 Å². The van der Waals surface area contributed by atoms with E-state index in [9.17, 15) is 141 Å². The number of nitrogens with two attached hydrogens (primary N) is 2. The van der Waals surface area contributed by atoms with Crippen LogP contribution < -0.4 is 112 Å². The quantitative estimate of drug-likeness (QED) is 0.0117. The van der Waals surface area contributed by atoms with Crippen molar-refractivity contribution in [1.82, 2.24) is 106 Å². The second-order valence-corrected chi connectivity index (χ2v) is 41.1. The first kappa shape index (κ1) is 135. The third-order valence-electron chi connectivity index (χ3n) is 24.3. The van der Waals surface area contributed by atoms with E-state index in [1.54, 1.807) is 117 Å². The van der Waals surface area contributed by atoms with Gasteiger partial charge in [-0.1, -0.05) is 130 Å². The highest BCUT2D eigenvalue weighted by atomic mass is 32.2. The van der Waals surface area contributed by atoms with Crippen molar-refractivity contribution in [2.24, 2.45) is 58.8 Å². The van der Waals surface area contributed by atoms with Crippen molar-refractivity contribution in [3.63, 3.8) is 0 Å². The van der Waals surface area contributed by atoms with Crippen LogP contribution in [0.3, 0.4) is 0 Å². The van der Waals surface area contributed by atoms with Gasteiger partial charge in [-0.05, 0) is 137 Å². The Morgan fingerprint density at radius 3 is 1.11 bits per heavy atom. The van der Waals surface area contributed by atoms with Crippen molar-refractivity contribution < 1.29 is 141 Å². The lowest BCUT2D eigenvalue weighted by atomic mass is 9.96. The number of carbonyl (C=O) groups is 23. The number of thioether (sulfide) groups is 1. The molecule has 1 saturated heterocycles. The van der Waals surface area contributed by atoms with E-state index in [1.807, 2.05) is 0 Å². The van der Waals surface area contributed by atoms with E-state index in [0.29, 0.717) is 19.3 Å². The molecule has 1 aliphatic rings. The first-order valence-corrected chi connectivity index (χ1v) is 52.7. The topological polar surface area (TPSA) is 822 Å². The van der Waals surface area contributed by atoms with Gasteiger partial charge < -0.3 is 148 Å². The second kappa shape index (κ2) is 68.7. The van der Waals surface area contributed by atoms with Gasteiger partial charge in [0.2, 0.25) is 112 Å². The van der Waals surface area contributed by atoms with Crippen molar-refractivity contribution in [1.29, 1.82) is 5.41 Å². The van der Waals surface area contributed by atoms with Crippen molar-refractivity contribution in [3.8, 4) is 0 Å². The number of aliphatic carboxylic acids is 4. The molecule has 19 amide bonds. The van der Waals surface area contributed by atoms with Gasteiger partial charge in [0.1, 0.15) is 103 Å². The molecular formula is C94H163N23O29S3. The monoisotopic (exact) mass is 2170 g/mol. The van der Waals surface area contributed by atoms with Crippen molar-refractivity contribution in [2.75, 3.05) is 49.7 Å². The number of carboxylic acid groups (broad SMARTS) is 4. The zero-order chi connectivity index (χ0) is 114. The van der Waals surface area contributed by atoms with Crippen LogP contribution in [0.2, 0.25) is 0 Å². The van der Waals surface area contributed by atoms with Crippen LogP contribution in [-0.2, 0) is 110 Å². The van der Waals surface area contributed by atoms with Crippen LogP contribution >= 0.6 is 37.0 Å². The lowest BCUT2D eigenvalue weighted by Crippen LogP contribution is -2.62. The SMILES string of the molecule is CC[C@H](C)[C@H](NC(=O)CNC(=O)[C@H](CC(C)C)NC(=O)[C@@H](NC(=O)CNC(=O)[C@H](CCSC)NC(=O)[C@H](CC(C)C)NC(=O)[C@H](CC(C)C)NC(=O)[C@H](CC(=O)O)NC(=O)[C@H](CCC(=O)O)NC(=O)[C@H](CC(C)C)NC(=O)[C@@H](NC(=O)[C@H](CCCNC(=N)N)NC(=O)[C@@H](NC(=O)[C@@H](N)CC(=O)O)[C@@H](C)CC)[C@@H](C)O)[C@@H](C)O)C(=O)N[C@H](C(=O)N[C@@H](CS)C(=O)N1CCC[C@H]1C(=O)N[C@H](C(=O)N[C@@H](CS)C(=O)O)[C@@H](C)CC)C(C)C. The predicted octanol–water partition coefficient (Wildman–Crippen LogP) is -5.19. The van der Waals surface area contributed by atoms with Gasteiger partial charge in [0.05, 0.1) is 44.2 Å². The molecule has 0 aromatic rings. The number of hydrogen-bond acceptors (Lipinski definition) is 30. The molecule has 0 unspecified atom stereocenters. The summed E-state index contributed by atoms with van der Waals surface area (Å²) in [4.78, 5) is 316. The van der Waals surface area contributed by atoms with Crippen LogP contribution in [0.15, 0.2) is 0 Å². The first-order valence-electron chi connectivity index (χ1n) is 50.0. The molecule has 23 atom stereocenters. The molecular weight excluding hydrogens is 2010 g/mol. The number of nitrogens with one attached hydrogen (secondary N) is 20. The highest BCUT2D eigenvalue weighted by Crippen LogP contribution is 2.23. The van der Waals surface area contributed by atoms with E-state index < -0.39 is 337 Å². The standard InChI is InChI=1S/C94H163N23O29S3/c1-20-48(14)71(89(141)113-70(47(12)13)86(138)109-62(41-147)92(144)117-31-24-26-64(117)85(137)115-73(50(16)22-3)88(140)110-63(42-148)93(145)146)111-65(120)39-100-78(130)57(33-43(4)5)107-90(142)74(51(17)118)112-66(121)40-99-77(129)56(29-32-149-19)102-81(133)58(34-44(6)7)104-83(135)59(35-45(8)9)105-84(136)61(38-69(126)127)106-79(131)55(27-28-67(122)123)101-82(134)60(36-46(10)11)108-91(143)75(52(18)119)116-80(132)54(25-23-30-98-94(96)97)103-87(139)72(49(15)21-2)114-76(128)53(95)37-68(124)125/h43-64,70-75,118-119,147-148H,20-42,95H2,1-19H3,(H,99,129)(H,100,130)(H,101,134)(H,102,133)(H,103,139)(H,104,135)(H,105,136)(H,106,131)(H,107,142)(H,108,143)(H,109,138)(H,110,140)(H,111,120)(H,112,121)(H,113,141)(H,114,128)(H,115,137)(H,116,132)(H,122,123)(H,124,125)(H,126,127)(H,145,146)(H4,96,97,98)/t48-,49-,50-,51+,52+,53-,54-,55-,56-,57-,58-,59-,60-,61-,62-,63-,64-,70-,71-,72-,73-,74-,75-/m0/s1. The molecule has 0 aromatic heterocycles. The van der Waals surface area contributed by atoms with Gasteiger partial charge in [0, 0.05) is 31.0 Å². The Labute approximate surface area is 883 Å². The van der Waals surface area contributed by atoms with Crippen molar-refractivity contribution in [2.45, 2.75) is 348 Å². The van der Waals surface area contributed by atoms with Gasteiger partial charge in [-0.25, -0.2) is 4.79 Å².